The zero-order chi connectivity index (χ0) is 15.4. The summed E-state index contributed by atoms with van der Waals surface area (Å²) in [6.07, 6.45) is 0. The molecule has 22 heavy (non-hydrogen) atoms. The van der Waals surface area contributed by atoms with Gasteiger partial charge >= 0.3 is 0 Å². The molecule has 0 aromatic heterocycles. The minimum Gasteiger partial charge on any atom is -0.348 e. The molecule has 1 amide bonds. The Labute approximate surface area is 147 Å². The highest BCUT2D eigenvalue weighted by molar-refractivity contribution is 6.42. The highest BCUT2D eigenvalue weighted by atomic mass is 35.5. The molecule has 2 N–H and O–H groups in total. The first-order valence-corrected chi connectivity index (χ1v) is 7.92. The highest BCUT2D eigenvalue weighted by Gasteiger charge is 2.21. The molecule has 0 radical (unpaired) electrons. The number of nitrogens with zero attached hydrogens (tertiary/aromatic N) is 1. The summed E-state index contributed by atoms with van der Waals surface area (Å²) >= 11 is 11.9. The van der Waals surface area contributed by atoms with Crippen LogP contribution in [0.3, 0.4) is 0 Å². The normalized spacial score (nSPS) is 20.1. The predicted octanol–water partition coefficient (Wildman–Crippen LogP) is 2.89. The van der Waals surface area contributed by atoms with E-state index >= 15 is 0 Å². The van der Waals surface area contributed by atoms with Gasteiger partial charge in [-0.25, -0.2) is 0 Å². The van der Waals surface area contributed by atoms with Crippen molar-refractivity contribution in [3.63, 3.8) is 0 Å². The maximum atomic E-state index is 12.2. The van der Waals surface area contributed by atoms with E-state index in [1.165, 1.54) is 0 Å². The van der Waals surface area contributed by atoms with Crippen LogP contribution in [0, 0.1) is 0 Å². The summed E-state index contributed by atoms with van der Waals surface area (Å²) in [7, 11) is 0. The Morgan fingerprint density at radius 2 is 2.18 bits per heavy atom. The molecule has 1 aromatic rings. The monoisotopic (exact) mass is 365 g/mol. The second-order valence-corrected chi connectivity index (χ2v) is 6.30. The van der Waals surface area contributed by atoms with Crippen molar-refractivity contribution in [1.29, 1.82) is 0 Å². The summed E-state index contributed by atoms with van der Waals surface area (Å²) in [4.78, 5) is 14.3. The minimum absolute atomic E-state index is 0. The molecular formula is C15H22Cl3N3O. The number of nitrogens with one attached hydrogen (secondary N) is 2. The van der Waals surface area contributed by atoms with Crippen LogP contribution < -0.4 is 10.6 Å². The number of carbonyl (C=O) groups is 1. The van der Waals surface area contributed by atoms with Crippen molar-refractivity contribution in [3.05, 3.63) is 33.8 Å². The first-order valence-electron chi connectivity index (χ1n) is 7.16. The lowest BCUT2D eigenvalue weighted by Crippen LogP contribution is -2.52. The van der Waals surface area contributed by atoms with Gasteiger partial charge in [0.05, 0.1) is 22.6 Å². The second-order valence-electron chi connectivity index (χ2n) is 5.49. The van der Waals surface area contributed by atoms with Crippen LogP contribution in [0.25, 0.3) is 0 Å². The summed E-state index contributed by atoms with van der Waals surface area (Å²) in [5.41, 5.74) is 0.950. The fourth-order valence-corrected chi connectivity index (χ4v) is 2.76. The van der Waals surface area contributed by atoms with Gasteiger partial charge in [0.25, 0.3) is 0 Å². The Kier molecular flexibility index (Phi) is 7.94. The Bertz CT molecular complexity index is 513. The van der Waals surface area contributed by atoms with Crippen molar-refractivity contribution in [2.24, 2.45) is 0 Å². The SMILES string of the molecule is CC(NC(=O)CN1CCNC[C@@H]1C)c1ccc(Cl)c(Cl)c1.Cl. The molecule has 124 valence electrons. The van der Waals surface area contributed by atoms with Gasteiger partial charge in [-0.2, -0.15) is 0 Å². The molecule has 2 atom stereocenters. The summed E-state index contributed by atoms with van der Waals surface area (Å²) in [5, 5.41) is 7.35. The van der Waals surface area contributed by atoms with Gasteiger partial charge in [-0.1, -0.05) is 29.3 Å². The van der Waals surface area contributed by atoms with Crippen molar-refractivity contribution in [2.75, 3.05) is 26.2 Å². The predicted molar refractivity (Wildman–Crippen MR) is 94.2 cm³/mol. The van der Waals surface area contributed by atoms with Crippen LogP contribution in [0.5, 0.6) is 0 Å². The topological polar surface area (TPSA) is 44.4 Å². The molecule has 0 aliphatic carbocycles. The molecule has 0 saturated carbocycles. The number of amides is 1. The zero-order valence-corrected chi connectivity index (χ0v) is 15.1. The molecule has 1 aliphatic heterocycles. The van der Waals surface area contributed by atoms with Crippen LogP contribution >= 0.6 is 35.6 Å². The van der Waals surface area contributed by atoms with E-state index in [1.54, 1.807) is 12.1 Å². The number of benzene rings is 1. The van der Waals surface area contributed by atoms with Crippen LogP contribution in [0.4, 0.5) is 0 Å². The molecule has 1 unspecified atom stereocenters. The standard InChI is InChI=1S/C15H21Cl2N3O.ClH/c1-10-8-18-5-6-20(10)9-15(21)19-11(2)12-3-4-13(16)14(17)7-12;/h3-4,7,10-11,18H,5-6,8-9H2,1-2H3,(H,19,21);1H/t10-,11?;/m0./s1. The van der Waals surface area contributed by atoms with Gasteiger partial charge in [-0.3, -0.25) is 9.69 Å². The molecule has 2 rings (SSSR count). The van der Waals surface area contributed by atoms with E-state index in [0.29, 0.717) is 22.6 Å². The third-order valence-corrected chi connectivity index (χ3v) is 4.55. The average Bonchev–Trinajstić information content (AvgIpc) is 2.44. The lowest BCUT2D eigenvalue weighted by molar-refractivity contribution is -0.123. The number of halogens is 3. The summed E-state index contributed by atoms with van der Waals surface area (Å²) in [6, 6.07) is 5.71. The Morgan fingerprint density at radius 1 is 1.45 bits per heavy atom. The number of carbonyl (C=O) groups excluding carboxylic acids is 1. The lowest BCUT2D eigenvalue weighted by Gasteiger charge is -2.33. The van der Waals surface area contributed by atoms with E-state index in [0.717, 1.165) is 25.2 Å². The maximum absolute atomic E-state index is 12.2. The number of hydrogen-bond acceptors (Lipinski definition) is 3. The third-order valence-electron chi connectivity index (χ3n) is 3.81. The van der Waals surface area contributed by atoms with Crippen molar-refractivity contribution in [3.8, 4) is 0 Å². The molecule has 0 bridgehead atoms. The quantitative estimate of drug-likeness (QED) is 0.861. The van der Waals surface area contributed by atoms with Crippen LogP contribution in [0.2, 0.25) is 10.0 Å². The maximum Gasteiger partial charge on any atom is 0.234 e. The van der Waals surface area contributed by atoms with E-state index in [2.05, 4.69) is 22.5 Å². The molecule has 0 spiro atoms. The van der Waals surface area contributed by atoms with Gasteiger partial charge in [0.1, 0.15) is 0 Å². The van der Waals surface area contributed by atoms with E-state index in [-0.39, 0.29) is 24.4 Å². The lowest BCUT2D eigenvalue weighted by atomic mass is 10.1. The van der Waals surface area contributed by atoms with Crippen LogP contribution in [-0.2, 0) is 4.79 Å². The molecule has 1 heterocycles. The fraction of sp³-hybridized carbons (Fsp3) is 0.533. The smallest absolute Gasteiger partial charge is 0.234 e. The first-order chi connectivity index (χ1) is 9.97. The molecule has 7 heteroatoms. The summed E-state index contributed by atoms with van der Waals surface area (Å²) in [5.74, 6) is 0.0299. The van der Waals surface area contributed by atoms with Gasteiger partial charge in [-0.15, -0.1) is 12.4 Å². The van der Waals surface area contributed by atoms with Gasteiger partial charge in [0.2, 0.25) is 5.91 Å². The van der Waals surface area contributed by atoms with Crippen molar-refractivity contribution < 1.29 is 4.79 Å². The Hall–Kier alpha value is -0.520. The van der Waals surface area contributed by atoms with Gasteiger partial charge < -0.3 is 10.6 Å². The third kappa shape index (κ3) is 5.28. The highest BCUT2D eigenvalue weighted by Crippen LogP contribution is 2.25. The van der Waals surface area contributed by atoms with E-state index in [1.807, 2.05) is 13.0 Å². The second kappa shape index (κ2) is 8.94. The van der Waals surface area contributed by atoms with Crippen molar-refractivity contribution in [1.82, 2.24) is 15.5 Å². The summed E-state index contributed by atoms with van der Waals surface area (Å²) < 4.78 is 0. The fourth-order valence-electron chi connectivity index (χ4n) is 2.45. The van der Waals surface area contributed by atoms with Crippen molar-refractivity contribution in [2.45, 2.75) is 25.9 Å². The Balaban J connectivity index is 0.00000242. The van der Waals surface area contributed by atoms with Crippen LogP contribution in [0.15, 0.2) is 18.2 Å². The molecule has 1 fully saturated rings. The van der Waals surface area contributed by atoms with E-state index in [4.69, 9.17) is 23.2 Å². The van der Waals surface area contributed by atoms with Crippen LogP contribution in [-0.4, -0.2) is 43.0 Å². The summed E-state index contributed by atoms with van der Waals surface area (Å²) in [6.45, 7) is 7.25. The molecule has 1 aliphatic rings. The zero-order valence-electron chi connectivity index (χ0n) is 12.7. The van der Waals surface area contributed by atoms with Crippen LogP contribution in [0.1, 0.15) is 25.5 Å². The van der Waals surface area contributed by atoms with Crippen molar-refractivity contribution >= 4 is 41.5 Å². The minimum atomic E-state index is -0.0921. The van der Waals surface area contributed by atoms with Gasteiger partial charge in [-0.05, 0) is 31.5 Å². The first kappa shape index (κ1) is 19.5. The number of hydrogen-bond donors (Lipinski definition) is 2. The average molecular weight is 367 g/mol. The van der Waals surface area contributed by atoms with E-state index in [9.17, 15) is 4.79 Å². The molecule has 1 saturated heterocycles. The largest absolute Gasteiger partial charge is 0.348 e. The van der Waals surface area contributed by atoms with E-state index < -0.39 is 0 Å². The van der Waals surface area contributed by atoms with Gasteiger partial charge in [0.15, 0.2) is 0 Å². The molecule has 4 nitrogen and oxygen atoms in total. The number of piperazine rings is 1. The number of rotatable bonds is 4. The Morgan fingerprint density at radius 3 is 2.82 bits per heavy atom. The molecular weight excluding hydrogens is 345 g/mol. The van der Waals surface area contributed by atoms with Gasteiger partial charge in [0, 0.05) is 25.7 Å². The molecule has 1 aromatic carbocycles.